The van der Waals surface area contributed by atoms with Crippen LogP contribution in [-0.2, 0) is 16.9 Å². The highest BCUT2D eigenvalue weighted by atomic mass is 16.4. The highest BCUT2D eigenvalue weighted by molar-refractivity contribution is 5.69. The molecule has 104 valence electrons. The summed E-state index contributed by atoms with van der Waals surface area (Å²) in [6.07, 6.45) is 0.297. The van der Waals surface area contributed by atoms with Gasteiger partial charge in [-0.1, -0.05) is 60.7 Å². The van der Waals surface area contributed by atoms with E-state index in [1.165, 1.54) is 0 Å². The van der Waals surface area contributed by atoms with Crippen LogP contribution < -0.4 is 5.32 Å². The third kappa shape index (κ3) is 3.66. The van der Waals surface area contributed by atoms with Crippen LogP contribution in [-0.4, -0.2) is 22.7 Å². The predicted octanol–water partition coefficient (Wildman–Crippen LogP) is 1.75. The molecule has 0 radical (unpaired) electrons. The van der Waals surface area contributed by atoms with Crippen LogP contribution in [0.25, 0.3) is 0 Å². The minimum Gasteiger partial charge on any atom is -0.480 e. The van der Waals surface area contributed by atoms with Gasteiger partial charge >= 0.3 is 5.97 Å². The molecular weight excluding hydrogens is 254 g/mol. The lowest BCUT2D eigenvalue weighted by atomic mass is 9.95. The molecule has 0 heterocycles. The predicted molar refractivity (Wildman–Crippen MR) is 76.1 cm³/mol. The molecule has 0 aliphatic rings. The maximum Gasteiger partial charge on any atom is 0.317 e. The monoisotopic (exact) mass is 271 g/mol. The lowest BCUT2D eigenvalue weighted by Gasteiger charge is -2.29. The molecule has 20 heavy (non-hydrogen) atoms. The van der Waals surface area contributed by atoms with Crippen molar-refractivity contribution in [1.82, 2.24) is 5.32 Å². The van der Waals surface area contributed by atoms with Crippen LogP contribution in [0.4, 0.5) is 0 Å². The normalized spacial score (nSPS) is 13.7. The summed E-state index contributed by atoms with van der Waals surface area (Å²) in [6, 6.07) is 18.5. The van der Waals surface area contributed by atoms with Gasteiger partial charge in [0, 0.05) is 6.42 Å². The van der Waals surface area contributed by atoms with Gasteiger partial charge in [0.05, 0.1) is 6.54 Å². The summed E-state index contributed by atoms with van der Waals surface area (Å²) in [5, 5.41) is 22.3. The Bertz CT molecular complexity index is 556. The van der Waals surface area contributed by atoms with Crippen LogP contribution in [0.1, 0.15) is 11.1 Å². The number of hydrogen-bond donors (Lipinski definition) is 3. The van der Waals surface area contributed by atoms with E-state index in [0.717, 1.165) is 5.56 Å². The van der Waals surface area contributed by atoms with E-state index in [1.54, 1.807) is 12.1 Å². The molecule has 4 heteroatoms. The van der Waals surface area contributed by atoms with Crippen LogP contribution in [0.5, 0.6) is 0 Å². The Balaban J connectivity index is 2.26. The minimum atomic E-state index is -1.40. The number of aliphatic carboxylic acids is 1. The molecule has 0 aliphatic carbocycles. The standard InChI is InChI=1S/C16H17NO3/c18-15(19)12-17-16(20,14-9-5-2-6-10-14)11-13-7-3-1-4-8-13/h1-10,17,20H,11-12H2,(H,18,19)/t16-/m1/s1. The molecule has 0 aromatic heterocycles. The van der Waals surface area contributed by atoms with Crippen LogP contribution in [0.3, 0.4) is 0 Å². The van der Waals surface area contributed by atoms with E-state index in [4.69, 9.17) is 5.11 Å². The summed E-state index contributed by atoms with van der Waals surface area (Å²) in [4.78, 5) is 10.8. The highest BCUT2D eigenvalue weighted by Crippen LogP contribution is 2.22. The molecule has 4 nitrogen and oxygen atoms in total. The number of carboxylic acid groups (broad SMARTS) is 1. The minimum absolute atomic E-state index is 0.297. The SMILES string of the molecule is O=C(O)CN[C@@](O)(Cc1ccccc1)c1ccccc1. The third-order valence-electron chi connectivity index (χ3n) is 3.09. The van der Waals surface area contributed by atoms with Gasteiger partial charge in [0.15, 0.2) is 0 Å². The summed E-state index contributed by atoms with van der Waals surface area (Å²) < 4.78 is 0. The summed E-state index contributed by atoms with van der Waals surface area (Å²) in [7, 11) is 0. The molecule has 0 amide bonds. The van der Waals surface area contributed by atoms with Gasteiger partial charge in [-0.05, 0) is 11.1 Å². The molecule has 0 saturated heterocycles. The average molecular weight is 271 g/mol. The maximum atomic E-state index is 10.8. The molecule has 0 fully saturated rings. The molecule has 0 spiro atoms. The first-order valence-corrected chi connectivity index (χ1v) is 6.39. The van der Waals surface area contributed by atoms with E-state index in [2.05, 4.69) is 5.32 Å². The van der Waals surface area contributed by atoms with Gasteiger partial charge in [0.2, 0.25) is 0 Å². The first-order chi connectivity index (χ1) is 9.60. The molecule has 0 saturated carbocycles. The number of rotatable bonds is 6. The fourth-order valence-corrected chi connectivity index (χ4v) is 2.09. The van der Waals surface area contributed by atoms with Crippen molar-refractivity contribution in [2.45, 2.75) is 12.1 Å². The van der Waals surface area contributed by atoms with Gasteiger partial charge in [-0.3, -0.25) is 10.1 Å². The number of carbonyl (C=O) groups is 1. The molecule has 2 aromatic carbocycles. The molecule has 2 rings (SSSR count). The van der Waals surface area contributed by atoms with Crippen LogP contribution in [0.2, 0.25) is 0 Å². The summed E-state index contributed by atoms with van der Waals surface area (Å²) in [5.41, 5.74) is 0.169. The second kappa shape index (κ2) is 6.32. The van der Waals surface area contributed by atoms with Crippen molar-refractivity contribution in [3.8, 4) is 0 Å². The third-order valence-corrected chi connectivity index (χ3v) is 3.09. The molecule has 2 aromatic rings. The van der Waals surface area contributed by atoms with Crippen molar-refractivity contribution in [2.75, 3.05) is 6.54 Å². The first-order valence-electron chi connectivity index (χ1n) is 6.39. The van der Waals surface area contributed by atoms with Gasteiger partial charge in [-0.2, -0.15) is 0 Å². The quantitative estimate of drug-likeness (QED) is 0.700. The Hall–Kier alpha value is -2.17. The van der Waals surface area contributed by atoms with E-state index in [-0.39, 0.29) is 6.54 Å². The lowest BCUT2D eigenvalue weighted by Crippen LogP contribution is -2.46. The topological polar surface area (TPSA) is 69.6 Å². The van der Waals surface area contributed by atoms with Crippen LogP contribution in [0.15, 0.2) is 60.7 Å². The molecule has 0 unspecified atom stereocenters. The van der Waals surface area contributed by atoms with E-state index >= 15 is 0 Å². The number of aliphatic hydroxyl groups is 1. The second-order valence-corrected chi connectivity index (χ2v) is 4.64. The number of carboxylic acids is 1. The smallest absolute Gasteiger partial charge is 0.317 e. The van der Waals surface area contributed by atoms with Gasteiger partial charge in [-0.25, -0.2) is 0 Å². The summed E-state index contributed by atoms with van der Waals surface area (Å²) >= 11 is 0. The summed E-state index contributed by atoms with van der Waals surface area (Å²) in [6.45, 7) is -0.307. The lowest BCUT2D eigenvalue weighted by molar-refractivity contribution is -0.138. The van der Waals surface area contributed by atoms with Gasteiger partial charge in [-0.15, -0.1) is 0 Å². The van der Waals surface area contributed by atoms with E-state index < -0.39 is 11.7 Å². The van der Waals surface area contributed by atoms with E-state index in [9.17, 15) is 9.90 Å². The molecule has 0 bridgehead atoms. The Kier molecular flexibility index (Phi) is 4.50. The van der Waals surface area contributed by atoms with Crippen molar-refractivity contribution in [3.63, 3.8) is 0 Å². The fourth-order valence-electron chi connectivity index (χ4n) is 2.09. The molecular formula is C16H17NO3. The Morgan fingerprint density at radius 3 is 2.10 bits per heavy atom. The fraction of sp³-hybridized carbons (Fsp3) is 0.188. The van der Waals surface area contributed by atoms with Crippen molar-refractivity contribution in [2.24, 2.45) is 0 Å². The number of benzene rings is 2. The first kappa shape index (κ1) is 14.2. The van der Waals surface area contributed by atoms with Crippen LogP contribution >= 0.6 is 0 Å². The Morgan fingerprint density at radius 2 is 1.55 bits per heavy atom. The van der Waals surface area contributed by atoms with Crippen molar-refractivity contribution in [3.05, 3.63) is 71.8 Å². The zero-order valence-electron chi connectivity index (χ0n) is 11.0. The van der Waals surface area contributed by atoms with Crippen molar-refractivity contribution in [1.29, 1.82) is 0 Å². The number of nitrogens with one attached hydrogen (secondary N) is 1. The van der Waals surface area contributed by atoms with Gasteiger partial charge < -0.3 is 10.2 Å². The Labute approximate surface area is 117 Å². The largest absolute Gasteiger partial charge is 0.480 e. The average Bonchev–Trinajstić information content (AvgIpc) is 2.47. The van der Waals surface area contributed by atoms with Crippen molar-refractivity contribution >= 4 is 5.97 Å². The zero-order chi connectivity index (χ0) is 14.4. The van der Waals surface area contributed by atoms with E-state index in [1.807, 2.05) is 48.5 Å². The number of hydrogen-bond acceptors (Lipinski definition) is 3. The maximum absolute atomic E-state index is 10.8. The van der Waals surface area contributed by atoms with Gasteiger partial charge in [0.25, 0.3) is 0 Å². The van der Waals surface area contributed by atoms with Crippen molar-refractivity contribution < 1.29 is 15.0 Å². The molecule has 3 N–H and O–H groups in total. The van der Waals surface area contributed by atoms with Gasteiger partial charge in [0.1, 0.15) is 5.72 Å². The molecule has 1 atom stereocenters. The summed E-state index contributed by atoms with van der Waals surface area (Å²) in [5.74, 6) is -1.01. The van der Waals surface area contributed by atoms with E-state index in [0.29, 0.717) is 12.0 Å². The second-order valence-electron chi connectivity index (χ2n) is 4.64. The molecule has 0 aliphatic heterocycles. The zero-order valence-corrected chi connectivity index (χ0v) is 11.0. The highest BCUT2D eigenvalue weighted by Gasteiger charge is 2.29. The Morgan fingerprint density at radius 1 is 1.00 bits per heavy atom. The van der Waals surface area contributed by atoms with Crippen LogP contribution in [0, 0.1) is 0 Å².